The van der Waals surface area contributed by atoms with E-state index in [1.807, 2.05) is 55.5 Å². The molecule has 5 rings (SSSR count). The van der Waals surface area contributed by atoms with E-state index in [9.17, 15) is 9.59 Å². The van der Waals surface area contributed by atoms with Crippen LogP contribution in [0.2, 0.25) is 0 Å². The molecule has 33 heavy (non-hydrogen) atoms. The molecule has 1 atom stereocenters. The largest absolute Gasteiger partial charge is 0.486 e. The number of amides is 1. The van der Waals surface area contributed by atoms with Gasteiger partial charge in [-0.15, -0.1) is 0 Å². The summed E-state index contributed by atoms with van der Waals surface area (Å²) in [7, 11) is 0. The van der Waals surface area contributed by atoms with Crippen LogP contribution in [-0.4, -0.2) is 38.9 Å². The first-order valence-corrected chi connectivity index (χ1v) is 10.8. The number of benzene rings is 2. The molecule has 1 unspecified atom stereocenters. The van der Waals surface area contributed by atoms with Crippen molar-refractivity contribution in [2.75, 3.05) is 13.2 Å². The summed E-state index contributed by atoms with van der Waals surface area (Å²) in [5, 5.41) is 7.69. The van der Waals surface area contributed by atoms with Gasteiger partial charge in [0.1, 0.15) is 24.4 Å². The van der Waals surface area contributed by atoms with Gasteiger partial charge in [0, 0.05) is 12.8 Å². The Hall–Kier alpha value is -4.14. The molecule has 0 radical (unpaired) electrons. The average molecular weight is 445 g/mol. The highest BCUT2D eigenvalue weighted by Gasteiger charge is 2.17. The average Bonchev–Trinajstić information content (AvgIpc) is 3.27. The molecular formula is C24H23N5O4. The maximum absolute atomic E-state index is 12.6. The van der Waals surface area contributed by atoms with Crippen molar-refractivity contribution in [1.82, 2.24) is 25.1 Å². The Morgan fingerprint density at radius 2 is 1.94 bits per heavy atom. The molecule has 1 aliphatic heterocycles. The van der Waals surface area contributed by atoms with Crippen molar-refractivity contribution >= 4 is 16.9 Å². The second-order valence-electron chi connectivity index (χ2n) is 7.83. The Balaban J connectivity index is 1.27. The van der Waals surface area contributed by atoms with E-state index in [1.165, 1.54) is 6.20 Å². The zero-order chi connectivity index (χ0) is 22.8. The van der Waals surface area contributed by atoms with Crippen molar-refractivity contribution in [1.29, 1.82) is 0 Å². The van der Waals surface area contributed by atoms with Gasteiger partial charge in [0.15, 0.2) is 17.1 Å². The van der Waals surface area contributed by atoms with Gasteiger partial charge in [-0.3, -0.25) is 9.59 Å². The predicted molar refractivity (Wildman–Crippen MR) is 122 cm³/mol. The van der Waals surface area contributed by atoms with Gasteiger partial charge in [0.25, 0.3) is 5.56 Å². The lowest BCUT2D eigenvalue weighted by molar-refractivity contribution is -0.121. The lowest BCUT2D eigenvalue weighted by Gasteiger charge is -2.21. The van der Waals surface area contributed by atoms with Crippen LogP contribution in [0, 0.1) is 0 Å². The normalized spacial score (nSPS) is 13.6. The Kier molecular flexibility index (Phi) is 5.52. The lowest BCUT2D eigenvalue weighted by Crippen LogP contribution is -2.27. The Morgan fingerprint density at radius 1 is 1.15 bits per heavy atom. The van der Waals surface area contributed by atoms with Gasteiger partial charge in [-0.2, -0.15) is 5.10 Å². The number of fused-ring (bicyclic) bond motifs is 2. The van der Waals surface area contributed by atoms with E-state index in [2.05, 4.69) is 20.4 Å². The third kappa shape index (κ3) is 4.30. The summed E-state index contributed by atoms with van der Waals surface area (Å²) in [4.78, 5) is 32.4. The SMILES string of the molecule is CC(NC(=O)CCc1nc2c(cnn2-c2ccccc2)c(=O)[nH]1)c1ccc2c(c1)OCCO2. The van der Waals surface area contributed by atoms with Crippen molar-refractivity contribution in [2.45, 2.75) is 25.8 Å². The third-order valence-corrected chi connectivity index (χ3v) is 5.52. The molecule has 9 nitrogen and oxygen atoms in total. The summed E-state index contributed by atoms with van der Waals surface area (Å²) in [5.74, 6) is 1.69. The van der Waals surface area contributed by atoms with E-state index in [0.29, 0.717) is 48.0 Å². The molecule has 1 amide bonds. The molecule has 0 spiro atoms. The van der Waals surface area contributed by atoms with E-state index in [1.54, 1.807) is 4.68 Å². The molecule has 0 fully saturated rings. The smallest absolute Gasteiger partial charge is 0.262 e. The number of aromatic amines is 1. The van der Waals surface area contributed by atoms with Crippen LogP contribution in [-0.2, 0) is 11.2 Å². The molecule has 3 heterocycles. The highest BCUT2D eigenvalue weighted by molar-refractivity contribution is 5.77. The number of para-hydroxylation sites is 1. The zero-order valence-electron chi connectivity index (χ0n) is 18.1. The fraction of sp³-hybridized carbons (Fsp3) is 0.250. The number of aromatic nitrogens is 4. The van der Waals surface area contributed by atoms with Crippen LogP contribution in [0.15, 0.2) is 59.5 Å². The summed E-state index contributed by atoms with van der Waals surface area (Å²) >= 11 is 0. The van der Waals surface area contributed by atoms with Gasteiger partial charge >= 0.3 is 0 Å². The number of carbonyl (C=O) groups is 1. The fourth-order valence-electron chi connectivity index (χ4n) is 3.80. The number of hydrogen-bond donors (Lipinski definition) is 2. The molecule has 0 saturated heterocycles. The van der Waals surface area contributed by atoms with Crippen molar-refractivity contribution < 1.29 is 14.3 Å². The van der Waals surface area contributed by atoms with E-state index in [0.717, 1.165) is 11.3 Å². The molecule has 2 aromatic carbocycles. The predicted octanol–water partition coefficient (Wildman–Crippen LogP) is 2.69. The van der Waals surface area contributed by atoms with Crippen LogP contribution in [0.25, 0.3) is 16.7 Å². The number of aryl methyl sites for hydroxylation is 1. The number of nitrogens with one attached hydrogen (secondary N) is 2. The summed E-state index contributed by atoms with van der Waals surface area (Å²) in [6, 6.07) is 14.9. The van der Waals surface area contributed by atoms with Gasteiger partial charge in [-0.25, -0.2) is 9.67 Å². The highest BCUT2D eigenvalue weighted by atomic mass is 16.6. The molecule has 4 aromatic rings. The second kappa shape index (κ2) is 8.78. The van der Waals surface area contributed by atoms with Crippen LogP contribution in [0.1, 0.15) is 30.8 Å². The monoisotopic (exact) mass is 445 g/mol. The van der Waals surface area contributed by atoms with Gasteiger partial charge in [-0.1, -0.05) is 24.3 Å². The molecule has 0 saturated carbocycles. The molecule has 168 valence electrons. The summed E-state index contributed by atoms with van der Waals surface area (Å²) in [6.07, 6.45) is 1.98. The van der Waals surface area contributed by atoms with Gasteiger partial charge < -0.3 is 19.8 Å². The number of rotatable bonds is 6. The quantitative estimate of drug-likeness (QED) is 0.472. The molecule has 0 bridgehead atoms. The van der Waals surface area contributed by atoms with Crippen LogP contribution >= 0.6 is 0 Å². The van der Waals surface area contributed by atoms with Crippen LogP contribution < -0.4 is 20.3 Å². The number of nitrogens with zero attached hydrogens (tertiary/aromatic N) is 3. The fourth-order valence-corrected chi connectivity index (χ4v) is 3.80. The van der Waals surface area contributed by atoms with E-state index in [-0.39, 0.29) is 23.9 Å². The standard InChI is InChI=1S/C24H23N5O4/c1-15(16-7-8-19-20(13-16)33-12-11-32-19)26-22(30)10-9-21-27-23-18(24(31)28-21)14-25-29(23)17-5-3-2-4-6-17/h2-8,13-15H,9-12H2,1H3,(H,26,30)(H,27,28,31). The van der Waals surface area contributed by atoms with Crippen LogP contribution in [0.4, 0.5) is 0 Å². The van der Waals surface area contributed by atoms with Crippen molar-refractivity contribution in [3.63, 3.8) is 0 Å². The number of hydrogen-bond acceptors (Lipinski definition) is 6. The molecular weight excluding hydrogens is 422 g/mol. The first kappa shape index (κ1) is 20.7. The third-order valence-electron chi connectivity index (χ3n) is 5.52. The molecule has 9 heteroatoms. The summed E-state index contributed by atoms with van der Waals surface area (Å²) < 4.78 is 12.8. The van der Waals surface area contributed by atoms with Crippen molar-refractivity contribution in [2.24, 2.45) is 0 Å². The Morgan fingerprint density at radius 3 is 2.76 bits per heavy atom. The minimum Gasteiger partial charge on any atom is -0.486 e. The number of H-pyrrole nitrogens is 1. The maximum atomic E-state index is 12.6. The lowest BCUT2D eigenvalue weighted by atomic mass is 10.1. The van der Waals surface area contributed by atoms with Crippen LogP contribution in [0.3, 0.4) is 0 Å². The Labute approximate surface area is 189 Å². The van der Waals surface area contributed by atoms with Gasteiger partial charge in [0.05, 0.1) is 17.9 Å². The first-order chi connectivity index (χ1) is 16.1. The Bertz CT molecular complexity index is 1360. The summed E-state index contributed by atoms with van der Waals surface area (Å²) in [6.45, 7) is 2.95. The van der Waals surface area contributed by atoms with Gasteiger partial charge in [0.2, 0.25) is 5.91 Å². The van der Waals surface area contributed by atoms with Crippen LogP contribution in [0.5, 0.6) is 11.5 Å². The van der Waals surface area contributed by atoms with Crippen molar-refractivity contribution in [3.8, 4) is 17.2 Å². The van der Waals surface area contributed by atoms with E-state index in [4.69, 9.17) is 9.47 Å². The maximum Gasteiger partial charge on any atom is 0.262 e. The van der Waals surface area contributed by atoms with Crippen molar-refractivity contribution in [3.05, 3.63) is 76.5 Å². The molecule has 2 aromatic heterocycles. The molecule has 2 N–H and O–H groups in total. The highest BCUT2D eigenvalue weighted by Crippen LogP contribution is 2.32. The van der Waals surface area contributed by atoms with E-state index < -0.39 is 0 Å². The summed E-state index contributed by atoms with van der Waals surface area (Å²) in [5.41, 5.74) is 1.92. The van der Waals surface area contributed by atoms with E-state index >= 15 is 0 Å². The first-order valence-electron chi connectivity index (χ1n) is 10.8. The zero-order valence-corrected chi connectivity index (χ0v) is 18.1. The van der Waals surface area contributed by atoms with Gasteiger partial charge in [-0.05, 0) is 36.8 Å². The molecule has 0 aliphatic carbocycles. The number of carbonyl (C=O) groups excluding carboxylic acids is 1. The number of ether oxygens (including phenoxy) is 2. The molecule has 1 aliphatic rings. The minimum atomic E-state index is -0.276. The topological polar surface area (TPSA) is 111 Å². The second-order valence-corrected chi connectivity index (χ2v) is 7.83. The minimum absolute atomic E-state index is 0.142.